The Morgan fingerprint density at radius 1 is 1.10 bits per heavy atom. The highest BCUT2D eigenvalue weighted by atomic mass is 16.7. The maximum absolute atomic E-state index is 13.4. The van der Waals surface area contributed by atoms with Crippen molar-refractivity contribution in [2.45, 2.75) is 110 Å². The molecule has 0 unspecified atom stereocenters. The summed E-state index contributed by atoms with van der Waals surface area (Å²) < 4.78 is 34.6. The van der Waals surface area contributed by atoms with Gasteiger partial charge in [0.2, 0.25) is 6.79 Å². The fourth-order valence-electron chi connectivity index (χ4n) is 4.97. The molecule has 41 heavy (non-hydrogen) atoms. The lowest BCUT2D eigenvalue weighted by Gasteiger charge is -2.33. The van der Waals surface area contributed by atoms with Crippen LogP contribution in [0.15, 0.2) is 12.3 Å². The molecule has 11 heteroatoms. The van der Waals surface area contributed by atoms with Gasteiger partial charge in [-0.05, 0) is 44.9 Å². The monoisotopic (exact) mass is 578 g/mol. The molecule has 0 aromatic carbocycles. The second kappa shape index (κ2) is 15.9. The first-order valence-corrected chi connectivity index (χ1v) is 14.7. The summed E-state index contributed by atoms with van der Waals surface area (Å²) in [6.45, 7) is 9.45. The van der Waals surface area contributed by atoms with Gasteiger partial charge in [0.15, 0.2) is 17.2 Å². The summed E-state index contributed by atoms with van der Waals surface area (Å²) in [4.78, 5) is 42.7. The van der Waals surface area contributed by atoms with E-state index in [9.17, 15) is 14.4 Å². The number of hydrogen-bond donors (Lipinski definition) is 1. The molecule has 1 N–H and O–H groups in total. The molecule has 11 nitrogen and oxygen atoms in total. The first-order chi connectivity index (χ1) is 19.6. The molecule has 1 aliphatic carbocycles. The van der Waals surface area contributed by atoms with Crippen molar-refractivity contribution in [3.63, 3.8) is 0 Å². The van der Waals surface area contributed by atoms with Crippen molar-refractivity contribution in [3.8, 4) is 11.5 Å². The Kier molecular flexibility index (Phi) is 12.6. The zero-order chi connectivity index (χ0) is 29.9. The molecular formula is C30H46N2O9. The molecule has 4 atom stereocenters. The van der Waals surface area contributed by atoms with E-state index in [2.05, 4.69) is 24.1 Å². The molecule has 3 rings (SSSR count). The topological polar surface area (TPSA) is 132 Å². The van der Waals surface area contributed by atoms with Crippen LogP contribution in [0.2, 0.25) is 0 Å². The highest BCUT2D eigenvalue weighted by Gasteiger charge is 2.37. The van der Waals surface area contributed by atoms with Crippen molar-refractivity contribution in [1.29, 1.82) is 0 Å². The molecule has 1 saturated carbocycles. The summed E-state index contributed by atoms with van der Waals surface area (Å²) in [6, 6.07) is 0.606. The van der Waals surface area contributed by atoms with Crippen LogP contribution in [0.1, 0.15) is 90.1 Å². The Bertz CT molecular complexity index is 1010. The Morgan fingerprint density at radius 3 is 2.49 bits per heavy atom. The van der Waals surface area contributed by atoms with Gasteiger partial charge < -0.3 is 33.7 Å². The average molecular weight is 579 g/mol. The van der Waals surface area contributed by atoms with Gasteiger partial charge in [-0.15, -0.1) is 0 Å². The van der Waals surface area contributed by atoms with Crippen LogP contribution in [0, 0.1) is 11.8 Å². The van der Waals surface area contributed by atoms with E-state index in [1.54, 1.807) is 13.8 Å². The molecule has 0 bridgehead atoms. The van der Waals surface area contributed by atoms with Crippen LogP contribution < -0.4 is 14.8 Å². The van der Waals surface area contributed by atoms with Crippen LogP contribution >= 0.6 is 0 Å². The summed E-state index contributed by atoms with van der Waals surface area (Å²) in [5.41, 5.74) is -0.105. The average Bonchev–Trinajstić information content (AvgIpc) is 3.45. The maximum Gasteiger partial charge on any atom is 0.329 e. The molecule has 0 spiro atoms. The second-order valence-electron chi connectivity index (χ2n) is 11.4. The van der Waals surface area contributed by atoms with Crippen molar-refractivity contribution < 1.29 is 42.8 Å². The quantitative estimate of drug-likeness (QED) is 0.284. The summed E-state index contributed by atoms with van der Waals surface area (Å²) >= 11 is 0. The standard InChI is InChI=1S/C30H46N2O9/c1-18(2)16-37-26-20(5)40-30(35)22(12-9-13-24(26)41-21-10-7-8-11-21)32-28(33)25-27(23(36-6)14-15-31-25)38-17-39-29(34)19(3)4/h14-15,18-22,24,26H,7-13,16-17H2,1-6H3,(H,32,33)/t20-,22-,24-,26-/m0/s1. The lowest BCUT2D eigenvalue weighted by molar-refractivity contribution is -0.173. The molecule has 230 valence electrons. The molecule has 1 saturated heterocycles. The SMILES string of the molecule is COc1ccnc(C(=O)N[C@H]2CCC[C@H](OC3CCCC3)[C@@H](OCC(C)C)[C@H](C)OC2=O)c1OCOC(=O)C(C)C. The number of rotatable bonds is 12. The smallest absolute Gasteiger partial charge is 0.329 e. The lowest BCUT2D eigenvalue weighted by atomic mass is 10.0. The predicted molar refractivity (Wildman–Crippen MR) is 150 cm³/mol. The largest absolute Gasteiger partial charge is 0.493 e. The second-order valence-corrected chi connectivity index (χ2v) is 11.4. The predicted octanol–water partition coefficient (Wildman–Crippen LogP) is 4.21. The molecule has 1 amide bonds. The van der Waals surface area contributed by atoms with Crippen LogP contribution in [-0.4, -0.2) is 73.8 Å². The maximum atomic E-state index is 13.4. The van der Waals surface area contributed by atoms with E-state index in [4.69, 9.17) is 28.4 Å². The van der Waals surface area contributed by atoms with Gasteiger partial charge in [-0.3, -0.25) is 9.59 Å². The number of pyridine rings is 1. The fourth-order valence-corrected chi connectivity index (χ4v) is 4.97. The number of carbonyl (C=O) groups is 3. The molecule has 2 heterocycles. The van der Waals surface area contributed by atoms with Gasteiger partial charge in [0.05, 0.1) is 25.2 Å². The fraction of sp³-hybridized carbons (Fsp3) is 0.733. The summed E-state index contributed by atoms with van der Waals surface area (Å²) in [5.74, 6) is -1.45. The van der Waals surface area contributed by atoms with Crippen molar-refractivity contribution in [3.05, 3.63) is 18.0 Å². The third-order valence-corrected chi connectivity index (χ3v) is 7.17. The number of nitrogens with zero attached hydrogens (tertiary/aromatic N) is 1. The molecule has 0 radical (unpaired) electrons. The Morgan fingerprint density at radius 2 is 1.83 bits per heavy atom. The van der Waals surface area contributed by atoms with E-state index in [0.717, 1.165) is 25.7 Å². The highest BCUT2D eigenvalue weighted by Crippen LogP contribution is 2.31. The third kappa shape index (κ3) is 9.56. The van der Waals surface area contributed by atoms with Crippen LogP contribution in [0.25, 0.3) is 0 Å². The zero-order valence-electron chi connectivity index (χ0n) is 25.2. The van der Waals surface area contributed by atoms with Crippen molar-refractivity contribution in [1.82, 2.24) is 10.3 Å². The van der Waals surface area contributed by atoms with Crippen molar-refractivity contribution in [2.75, 3.05) is 20.5 Å². The van der Waals surface area contributed by atoms with E-state index in [0.29, 0.717) is 31.8 Å². The van der Waals surface area contributed by atoms with E-state index in [1.165, 1.54) is 19.4 Å². The highest BCUT2D eigenvalue weighted by molar-refractivity contribution is 5.98. The van der Waals surface area contributed by atoms with Gasteiger partial charge >= 0.3 is 11.9 Å². The van der Waals surface area contributed by atoms with E-state index in [-0.39, 0.29) is 35.3 Å². The van der Waals surface area contributed by atoms with Gasteiger partial charge in [0, 0.05) is 18.9 Å². The minimum absolute atomic E-state index is 0.000958. The van der Waals surface area contributed by atoms with E-state index < -0.39 is 42.9 Å². The number of cyclic esters (lactones) is 1. The molecule has 1 aromatic rings. The zero-order valence-corrected chi connectivity index (χ0v) is 25.2. The number of hydrogen-bond acceptors (Lipinski definition) is 10. The Hall–Kier alpha value is -2.92. The van der Waals surface area contributed by atoms with Crippen molar-refractivity contribution in [2.24, 2.45) is 11.8 Å². The van der Waals surface area contributed by atoms with E-state index in [1.807, 2.05) is 6.92 Å². The Labute approximate surface area is 242 Å². The first kappa shape index (κ1) is 32.6. The Balaban J connectivity index is 1.74. The molecule has 2 aliphatic rings. The van der Waals surface area contributed by atoms with Gasteiger partial charge in [-0.25, -0.2) is 9.78 Å². The van der Waals surface area contributed by atoms with Gasteiger partial charge in [0.25, 0.3) is 5.91 Å². The number of amides is 1. The summed E-state index contributed by atoms with van der Waals surface area (Å²) in [5, 5.41) is 2.76. The first-order valence-electron chi connectivity index (χ1n) is 14.7. The minimum atomic E-state index is -0.916. The minimum Gasteiger partial charge on any atom is -0.493 e. The molecule has 2 fully saturated rings. The van der Waals surface area contributed by atoms with Gasteiger partial charge in [-0.1, -0.05) is 40.5 Å². The van der Waals surface area contributed by atoms with Crippen molar-refractivity contribution >= 4 is 17.8 Å². The number of carbonyl (C=O) groups excluding carboxylic acids is 3. The van der Waals surface area contributed by atoms with Gasteiger partial charge in [-0.2, -0.15) is 0 Å². The number of aromatic nitrogens is 1. The number of methoxy groups -OCH3 is 1. The molecule has 1 aliphatic heterocycles. The van der Waals surface area contributed by atoms with Crippen LogP contribution in [0.3, 0.4) is 0 Å². The summed E-state index contributed by atoms with van der Waals surface area (Å²) in [7, 11) is 1.42. The molecular weight excluding hydrogens is 532 g/mol. The van der Waals surface area contributed by atoms with Crippen LogP contribution in [-0.2, 0) is 28.5 Å². The number of ether oxygens (including phenoxy) is 6. The third-order valence-electron chi connectivity index (χ3n) is 7.17. The number of esters is 2. The number of nitrogens with one attached hydrogen (secondary N) is 1. The van der Waals surface area contributed by atoms with Gasteiger partial charge in [0.1, 0.15) is 18.2 Å². The normalized spacial score (nSPS) is 23.9. The van der Waals surface area contributed by atoms with Crippen LogP contribution in [0.5, 0.6) is 11.5 Å². The van der Waals surface area contributed by atoms with Crippen LogP contribution in [0.4, 0.5) is 0 Å². The van der Waals surface area contributed by atoms with E-state index >= 15 is 0 Å². The molecule has 1 aromatic heterocycles. The summed E-state index contributed by atoms with van der Waals surface area (Å²) in [6.07, 6.45) is 6.35. The lowest BCUT2D eigenvalue weighted by Crippen LogP contribution is -2.46.